The zero-order chi connectivity index (χ0) is 16.8. The molecular weight excluding hydrogens is 354 g/mol. The standard InChI is InChI=1S/C19H42NO2.BrH/c1-5-6-7-8-9-10-11-12-13-14-15-16-17-20(4,18(2)21)19(3)22;/h18-19,21-22H,5-17H2,1-4H3;1H/q+1;/p-1. The first-order chi connectivity index (χ1) is 10.4. The van der Waals surface area contributed by atoms with Crippen molar-refractivity contribution in [2.45, 2.75) is 110 Å². The van der Waals surface area contributed by atoms with Crippen LogP contribution in [0.3, 0.4) is 0 Å². The zero-order valence-corrected chi connectivity index (χ0v) is 17.7. The van der Waals surface area contributed by atoms with E-state index in [1.165, 1.54) is 70.6 Å². The van der Waals surface area contributed by atoms with Gasteiger partial charge < -0.3 is 27.2 Å². The zero-order valence-electron chi connectivity index (χ0n) is 16.1. The van der Waals surface area contributed by atoms with Crippen LogP contribution in [0.2, 0.25) is 0 Å². The third-order valence-electron chi connectivity index (χ3n) is 5.20. The van der Waals surface area contributed by atoms with Crippen molar-refractivity contribution in [3.63, 3.8) is 0 Å². The first kappa shape index (κ1) is 25.6. The number of quaternary nitrogens is 1. The van der Waals surface area contributed by atoms with E-state index < -0.39 is 12.5 Å². The highest BCUT2D eigenvalue weighted by Crippen LogP contribution is 2.17. The first-order valence-corrected chi connectivity index (χ1v) is 9.66. The summed E-state index contributed by atoms with van der Waals surface area (Å²) < 4.78 is 0.345. The second kappa shape index (κ2) is 15.9. The summed E-state index contributed by atoms with van der Waals surface area (Å²) in [7, 11) is 1.94. The highest BCUT2D eigenvalue weighted by molar-refractivity contribution is 4.49. The van der Waals surface area contributed by atoms with Crippen molar-refractivity contribution in [1.82, 2.24) is 0 Å². The fourth-order valence-electron chi connectivity index (χ4n) is 2.98. The highest BCUT2D eigenvalue weighted by atomic mass is 79.9. The number of halogens is 1. The van der Waals surface area contributed by atoms with Crippen molar-refractivity contribution in [1.29, 1.82) is 0 Å². The molecule has 0 amide bonds. The predicted molar refractivity (Wildman–Crippen MR) is 95.5 cm³/mol. The molecule has 0 aromatic rings. The summed E-state index contributed by atoms with van der Waals surface area (Å²) in [6.07, 6.45) is 15.1. The molecule has 4 heteroatoms. The SMILES string of the molecule is CCCCCCCCCCCCCC[N+](C)(C(C)O)C(C)O.[Br-]. The Balaban J connectivity index is 0. The number of rotatable bonds is 15. The normalized spacial score (nSPS) is 16.4. The fourth-order valence-corrected chi connectivity index (χ4v) is 2.98. The van der Waals surface area contributed by atoms with Crippen molar-refractivity contribution >= 4 is 0 Å². The van der Waals surface area contributed by atoms with Gasteiger partial charge in [-0.1, -0.05) is 71.1 Å². The maximum absolute atomic E-state index is 9.83. The maximum atomic E-state index is 9.83. The average Bonchev–Trinajstić information content (AvgIpc) is 2.47. The Labute approximate surface area is 155 Å². The molecule has 2 N–H and O–H groups in total. The lowest BCUT2D eigenvalue weighted by atomic mass is 10.1. The summed E-state index contributed by atoms with van der Waals surface area (Å²) in [5.41, 5.74) is 0. The maximum Gasteiger partial charge on any atom is 0.189 e. The lowest BCUT2D eigenvalue weighted by Gasteiger charge is -2.39. The molecule has 2 atom stereocenters. The van der Waals surface area contributed by atoms with E-state index in [9.17, 15) is 10.2 Å². The van der Waals surface area contributed by atoms with Gasteiger partial charge in [-0.25, -0.2) is 0 Å². The quantitative estimate of drug-likeness (QED) is 0.252. The molecule has 0 aliphatic rings. The van der Waals surface area contributed by atoms with E-state index in [1.807, 2.05) is 7.05 Å². The summed E-state index contributed by atoms with van der Waals surface area (Å²) in [5.74, 6) is 0. The van der Waals surface area contributed by atoms with Crippen molar-refractivity contribution in [3.05, 3.63) is 0 Å². The van der Waals surface area contributed by atoms with Gasteiger partial charge in [0.2, 0.25) is 0 Å². The molecule has 0 aromatic carbocycles. The van der Waals surface area contributed by atoms with Crippen LogP contribution >= 0.6 is 0 Å². The Morgan fingerprint density at radius 1 is 0.652 bits per heavy atom. The second-order valence-corrected chi connectivity index (χ2v) is 7.22. The number of nitrogens with zero attached hydrogens (tertiary/aromatic N) is 1. The molecule has 0 rings (SSSR count). The minimum absolute atomic E-state index is 0. The predicted octanol–water partition coefficient (Wildman–Crippen LogP) is 1.81. The molecule has 3 nitrogen and oxygen atoms in total. The summed E-state index contributed by atoms with van der Waals surface area (Å²) >= 11 is 0. The molecule has 23 heavy (non-hydrogen) atoms. The van der Waals surface area contributed by atoms with Gasteiger partial charge in [0.25, 0.3) is 0 Å². The van der Waals surface area contributed by atoms with Crippen LogP contribution in [0.5, 0.6) is 0 Å². The van der Waals surface area contributed by atoms with Gasteiger partial charge in [-0.15, -0.1) is 0 Å². The molecule has 0 aromatic heterocycles. The first-order valence-electron chi connectivity index (χ1n) is 9.66. The van der Waals surface area contributed by atoms with Crippen LogP contribution in [0.15, 0.2) is 0 Å². The fraction of sp³-hybridized carbons (Fsp3) is 1.00. The van der Waals surface area contributed by atoms with E-state index in [0.29, 0.717) is 4.48 Å². The third-order valence-corrected chi connectivity index (χ3v) is 5.20. The molecule has 0 aliphatic carbocycles. The lowest BCUT2D eigenvalue weighted by Crippen LogP contribution is -3.00. The van der Waals surface area contributed by atoms with Crippen LogP contribution < -0.4 is 17.0 Å². The largest absolute Gasteiger partial charge is 1.00 e. The van der Waals surface area contributed by atoms with E-state index >= 15 is 0 Å². The number of aliphatic hydroxyl groups is 2. The van der Waals surface area contributed by atoms with Crippen LogP contribution in [0.1, 0.15) is 97.8 Å². The Hall–Kier alpha value is 0.360. The molecule has 0 bridgehead atoms. The van der Waals surface area contributed by atoms with E-state index in [1.54, 1.807) is 13.8 Å². The van der Waals surface area contributed by atoms with Gasteiger partial charge in [0.1, 0.15) is 0 Å². The Morgan fingerprint density at radius 2 is 0.957 bits per heavy atom. The molecule has 0 fully saturated rings. The minimum atomic E-state index is -0.507. The van der Waals surface area contributed by atoms with Crippen molar-refractivity contribution in [2.24, 2.45) is 0 Å². The van der Waals surface area contributed by atoms with E-state index in [4.69, 9.17) is 0 Å². The van der Waals surface area contributed by atoms with Gasteiger partial charge >= 0.3 is 0 Å². The van der Waals surface area contributed by atoms with Crippen LogP contribution in [0.4, 0.5) is 0 Å². The third kappa shape index (κ3) is 12.4. The van der Waals surface area contributed by atoms with E-state index in [-0.39, 0.29) is 17.0 Å². The Bertz CT molecular complexity index is 240. The molecule has 142 valence electrons. The van der Waals surface area contributed by atoms with E-state index in [0.717, 1.165) is 13.0 Å². The number of unbranched alkanes of at least 4 members (excludes halogenated alkanes) is 11. The smallest absolute Gasteiger partial charge is 0.189 e. The van der Waals surface area contributed by atoms with Crippen LogP contribution in [0, 0.1) is 0 Å². The highest BCUT2D eigenvalue weighted by Gasteiger charge is 2.31. The monoisotopic (exact) mass is 395 g/mol. The van der Waals surface area contributed by atoms with Gasteiger partial charge in [-0.05, 0) is 12.8 Å². The molecule has 0 spiro atoms. The number of hydrogen-bond acceptors (Lipinski definition) is 2. The van der Waals surface area contributed by atoms with Crippen molar-refractivity contribution in [2.75, 3.05) is 13.6 Å². The van der Waals surface area contributed by atoms with Crippen molar-refractivity contribution < 1.29 is 31.7 Å². The summed E-state index contributed by atoms with van der Waals surface area (Å²) in [5, 5.41) is 19.7. The molecular formula is C19H42BrNO2. The molecule has 0 radical (unpaired) electrons. The summed E-state index contributed by atoms with van der Waals surface area (Å²) in [6, 6.07) is 0. The number of aliphatic hydroxyl groups excluding tert-OH is 2. The topological polar surface area (TPSA) is 40.5 Å². The van der Waals surface area contributed by atoms with Gasteiger partial charge in [0, 0.05) is 13.8 Å². The Kier molecular flexibility index (Phi) is 17.7. The van der Waals surface area contributed by atoms with Crippen LogP contribution in [-0.4, -0.2) is 40.7 Å². The second-order valence-electron chi connectivity index (χ2n) is 7.22. The van der Waals surface area contributed by atoms with Gasteiger partial charge in [-0.3, -0.25) is 4.48 Å². The van der Waals surface area contributed by atoms with Crippen LogP contribution in [0.25, 0.3) is 0 Å². The molecule has 0 aliphatic heterocycles. The van der Waals surface area contributed by atoms with E-state index in [2.05, 4.69) is 6.92 Å². The molecule has 2 unspecified atom stereocenters. The van der Waals surface area contributed by atoms with Gasteiger partial charge in [-0.2, -0.15) is 0 Å². The summed E-state index contributed by atoms with van der Waals surface area (Å²) in [4.78, 5) is 0. The summed E-state index contributed by atoms with van der Waals surface area (Å²) in [6.45, 7) is 6.66. The van der Waals surface area contributed by atoms with Gasteiger partial charge in [0.15, 0.2) is 12.5 Å². The lowest BCUT2D eigenvalue weighted by molar-refractivity contribution is -0.990. The molecule has 0 saturated heterocycles. The average molecular weight is 396 g/mol. The minimum Gasteiger partial charge on any atom is -1.00 e. The van der Waals surface area contributed by atoms with Crippen LogP contribution in [-0.2, 0) is 0 Å². The van der Waals surface area contributed by atoms with Gasteiger partial charge in [0.05, 0.1) is 13.6 Å². The molecule has 0 saturated carbocycles. The van der Waals surface area contributed by atoms with Crippen molar-refractivity contribution in [3.8, 4) is 0 Å². The molecule has 0 heterocycles. The Morgan fingerprint density at radius 3 is 1.26 bits per heavy atom. The number of hydrogen-bond donors (Lipinski definition) is 2.